The van der Waals surface area contributed by atoms with Gasteiger partial charge in [0.05, 0.1) is 0 Å². The molecular weight excluding hydrogens is 242 g/mol. The maximum absolute atomic E-state index is 11.7. The zero-order valence-corrected chi connectivity index (χ0v) is 10.6. The Labute approximate surface area is 111 Å². The van der Waals surface area contributed by atoms with Gasteiger partial charge in [-0.3, -0.25) is 9.78 Å². The van der Waals surface area contributed by atoms with Crippen molar-refractivity contribution < 1.29 is 9.53 Å². The SMILES string of the molecule is Cc1cnccc1NC(=O)COc1ccc(N)cc1. The average Bonchev–Trinajstić information content (AvgIpc) is 2.41. The summed E-state index contributed by atoms with van der Waals surface area (Å²) in [6, 6.07) is 8.64. The van der Waals surface area contributed by atoms with Crippen molar-refractivity contribution in [3.05, 3.63) is 48.3 Å². The second kappa shape index (κ2) is 5.86. The van der Waals surface area contributed by atoms with Gasteiger partial charge in [0, 0.05) is 23.8 Å². The lowest BCUT2D eigenvalue weighted by atomic mass is 10.2. The molecule has 0 radical (unpaired) electrons. The molecule has 1 aromatic heterocycles. The first kappa shape index (κ1) is 12.9. The summed E-state index contributed by atoms with van der Waals surface area (Å²) in [6.45, 7) is 1.83. The molecule has 0 unspecified atom stereocenters. The number of hydrogen-bond donors (Lipinski definition) is 2. The molecule has 2 aromatic rings. The van der Waals surface area contributed by atoms with Crippen LogP contribution in [0.3, 0.4) is 0 Å². The van der Waals surface area contributed by atoms with Crippen molar-refractivity contribution in [2.24, 2.45) is 0 Å². The molecule has 0 saturated carbocycles. The third-order valence-corrected chi connectivity index (χ3v) is 2.54. The first-order valence-electron chi connectivity index (χ1n) is 5.84. The summed E-state index contributed by atoms with van der Waals surface area (Å²) in [6.07, 6.45) is 3.32. The molecule has 0 atom stereocenters. The highest BCUT2D eigenvalue weighted by Crippen LogP contribution is 2.14. The van der Waals surface area contributed by atoms with Crippen LogP contribution in [-0.4, -0.2) is 17.5 Å². The number of amides is 1. The predicted molar refractivity (Wildman–Crippen MR) is 74.0 cm³/mol. The van der Waals surface area contributed by atoms with E-state index in [0.717, 1.165) is 11.3 Å². The maximum Gasteiger partial charge on any atom is 0.262 e. The van der Waals surface area contributed by atoms with Crippen molar-refractivity contribution in [1.29, 1.82) is 0 Å². The van der Waals surface area contributed by atoms with E-state index in [4.69, 9.17) is 10.5 Å². The van der Waals surface area contributed by atoms with Gasteiger partial charge in [-0.1, -0.05) is 0 Å². The minimum atomic E-state index is -0.217. The van der Waals surface area contributed by atoms with Crippen LogP contribution in [0.25, 0.3) is 0 Å². The summed E-state index contributed by atoms with van der Waals surface area (Å²) in [5, 5.41) is 2.76. The third kappa shape index (κ3) is 3.70. The van der Waals surface area contributed by atoms with Crippen LogP contribution in [0, 0.1) is 6.92 Å². The molecule has 5 heteroatoms. The summed E-state index contributed by atoms with van der Waals surface area (Å²) in [4.78, 5) is 15.7. The molecule has 0 spiro atoms. The Morgan fingerprint density at radius 1 is 1.32 bits per heavy atom. The summed E-state index contributed by atoms with van der Waals surface area (Å²) in [5.41, 5.74) is 7.86. The summed E-state index contributed by atoms with van der Waals surface area (Å²) >= 11 is 0. The van der Waals surface area contributed by atoms with Gasteiger partial charge in [-0.25, -0.2) is 0 Å². The number of nitrogen functional groups attached to an aromatic ring is 1. The fourth-order valence-electron chi connectivity index (χ4n) is 1.51. The van der Waals surface area contributed by atoms with Gasteiger partial charge >= 0.3 is 0 Å². The highest BCUT2D eigenvalue weighted by molar-refractivity contribution is 5.92. The standard InChI is InChI=1S/C14H15N3O2/c1-10-8-16-7-6-13(10)17-14(18)9-19-12-4-2-11(15)3-5-12/h2-8H,9,15H2,1H3,(H,16,17,18). The molecule has 0 bridgehead atoms. The first-order valence-corrected chi connectivity index (χ1v) is 5.84. The molecule has 0 aliphatic rings. The maximum atomic E-state index is 11.7. The van der Waals surface area contributed by atoms with Gasteiger partial charge in [0.1, 0.15) is 5.75 Å². The monoisotopic (exact) mass is 257 g/mol. The van der Waals surface area contributed by atoms with Crippen LogP contribution in [0.15, 0.2) is 42.7 Å². The summed E-state index contributed by atoms with van der Waals surface area (Å²) in [7, 11) is 0. The van der Waals surface area contributed by atoms with Crippen LogP contribution >= 0.6 is 0 Å². The number of aryl methyl sites for hydroxylation is 1. The van der Waals surface area contributed by atoms with E-state index >= 15 is 0 Å². The zero-order chi connectivity index (χ0) is 13.7. The van der Waals surface area contributed by atoms with E-state index in [9.17, 15) is 4.79 Å². The van der Waals surface area contributed by atoms with Crippen LogP contribution in [0.1, 0.15) is 5.56 Å². The number of hydrogen-bond acceptors (Lipinski definition) is 4. The van der Waals surface area contributed by atoms with Gasteiger partial charge in [-0.2, -0.15) is 0 Å². The minimum absolute atomic E-state index is 0.0499. The molecule has 0 aliphatic carbocycles. The Hall–Kier alpha value is -2.56. The Balaban J connectivity index is 1.88. The molecule has 1 heterocycles. The Morgan fingerprint density at radius 3 is 2.74 bits per heavy atom. The molecule has 1 amide bonds. The number of pyridine rings is 1. The van der Waals surface area contributed by atoms with Crippen molar-refractivity contribution in [2.75, 3.05) is 17.7 Å². The van der Waals surface area contributed by atoms with Gasteiger partial charge in [-0.15, -0.1) is 0 Å². The smallest absolute Gasteiger partial charge is 0.262 e. The van der Waals surface area contributed by atoms with Crippen molar-refractivity contribution in [3.8, 4) is 5.75 Å². The summed E-state index contributed by atoms with van der Waals surface area (Å²) in [5.74, 6) is 0.391. The lowest BCUT2D eigenvalue weighted by molar-refractivity contribution is -0.118. The number of nitrogens with two attached hydrogens (primary N) is 1. The van der Waals surface area contributed by atoms with E-state index in [-0.39, 0.29) is 12.5 Å². The molecule has 5 nitrogen and oxygen atoms in total. The number of benzene rings is 1. The molecule has 98 valence electrons. The van der Waals surface area contributed by atoms with E-state index in [1.807, 2.05) is 6.92 Å². The molecule has 2 rings (SSSR count). The van der Waals surface area contributed by atoms with Crippen LogP contribution in [0.2, 0.25) is 0 Å². The van der Waals surface area contributed by atoms with E-state index in [1.165, 1.54) is 0 Å². The number of nitrogens with one attached hydrogen (secondary N) is 1. The molecule has 0 aliphatic heterocycles. The number of carbonyl (C=O) groups excluding carboxylic acids is 1. The fraction of sp³-hybridized carbons (Fsp3) is 0.143. The van der Waals surface area contributed by atoms with Gasteiger partial charge in [0.15, 0.2) is 6.61 Å². The van der Waals surface area contributed by atoms with Gasteiger partial charge in [-0.05, 0) is 42.8 Å². The normalized spacial score (nSPS) is 9.95. The number of anilines is 2. The lowest BCUT2D eigenvalue weighted by Crippen LogP contribution is -2.20. The quantitative estimate of drug-likeness (QED) is 0.821. The third-order valence-electron chi connectivity index (χ3n) is 2.54. The summed E-state index contributed by atoms with van der Waals surface area (Å²) < 4.78 is 5.35. The highest BCUT2D eigenvalue weighted by Gasteiger charge is 2.05. The molecule has 0 saturated heterocycles. The minimum Gasteiger partial charge on any atom is -0.484 e. The molecule has 3 N–H and O–H groups in total. The van der Waals surface area contributed by atoms with Crippen molar-refractivity contribution in [1.82, 2.24) is 4.98 Å². The van der Waals surface area contributed by atoms with E-state index in [2.05, 4.69) is 10.3 Å². The topological polar surface area (TPSA) is 77.2 Å². The highest BCUT2D eigenvalue weighted by atomic mass is 16.5. The number of ether oxygens (including phenoxy) is 1. The Morgan fingerprint density at radius 2 is 2.05 bits per heavy atom. The number of aromatic nitrogens is 1. The van der Waals surface area contributed by atoms with Crippen molar-refractivity contribution in [2.45, 2.75) is 6.92 Å². The average molecular weight is 257 g/mol. The predicted octanol–water partition coefficient (Wildman–Crippen LogP) is 1.99. The van der Waals surface area contributed by atoms with Crippen LogP contribution in [0.5, 0.6) is 5.75 Å². The fourth-order valence-corrected chi connectivity index (χ4v) is 1.51. The second-order valence-corrected chi connectivity index (χ2v) is 4.10. The van der Waals surface area contributed by atoms with Crippen molar-refractivity contribution >= 4 is 17.3 Å². The Kier molecular flexibility index (Phi) is 3.97. The molecule has 19 heavy (non-hydrogen) atoms. The largest absolute Gasteiger partial charge is 0.484 e. The van der Waals surface area contributed by atoms with E-state index in [0.29, 0.717) is 11.4 Å². The molecular formula is C14H15N3O2. The zero-order valence-electron chi connectivity index (χ0n) is 10.6. The number of carbonyl (C=O) groups is 1. The van der Waals surface area contributed by atoms with E-state index in [1.54, 1.807) is 42.7 Å². The van der Waals surface area contributed by atoms with Crippen LogP contribution < -0.4 is 15.8 Å². The van der Waals surface area contributed by atoms with Crippen molar-refractivity contribution in [3.63, 3.8) is 0 Å². The number of rotatable bonds is 4. The first-order chi connectivity index (χ1) is 9.15. The van der Waals surface area contributed by atoms with Crippen LogP contribution in [-0.2, 0) is 4.79 Å². The van der Waals surface area contributed by atoms with E-state index < -0.39 is 0 Å². The second-order valence-electron chi connectivity index (χ2n) is 4.10. The lowest BCUT2D eigenvalue weighted by Gasteiger charge is -2.09. The number of nitrogens with zero attached hydrogens (tertiary/aromatic N) is 1. The van der Waals surface area contributed by atoms with Gasteiger partial charge in [0.25, 0.3) is 5.91 Å². The van der Waals surface area contributed by atoms with Gasteiger partial charge in [0.2, 0.25) is 0 Å². The van der Waals surface area contributed by atoms with Crippen LogP contribution in [0.4, 0.5) is 11.4 Å². The molecule has 1 aromatic carbocycles. The van der Waals surface area contributed by atoms with Gasteiger partial charge < -0.3 is 15.8 Å². The Bertz CT molecular complexity index is 567. The molecule has 0 fully saturated rings.